The highest BCUT2D eigenvalue weighted by atomic mass is 35.5. The molecule has 34 heteroatoms. The zero-order valence-electron chi connectivity index (χ0n) is 58.6. The summed E-state index contributed by atoms with van der Waals surface area (Å²) in [6, 6.07) is 27.8. The van der Waals surface area contributed by atoms with E-state index in [-0.39, 0.29) is 145 Å². The fourth-order valence-corrected chi connectivity index (χ4v) is 22.9. The summed E-state index contributed by atoms with van der Waals surface area (Å²) in [6.45, 7) is 2.50. The summed E-state index contributed by atoms with van der Waals surface area (Å²) < 4.78 is 235. The van der Waals surface area contributed by atoms with Crippen molar-refractivity contribution in [2.45, 2.75) is 109 Å². The Kier molecular flexibility index (Phi) is 23.9. The minimum atomic E-state index is -4.37. The van der Waals surface area contributed by atoms with Crippen molar-refractivity contribution in [2.24, 2.45) is 27.7 Å². The lowest BCUT2D eigenvalue weighted by atomic mass is 9.60. The number of aryl methyl sites for hydroxylation is 2. The van der Waals surface area contributed by atoms with Gasteiger partial charge >= 0.3 is 0 Å². The molecule has 0 aliphatic carbocycles. The van der Waals surface area contributed by atoms with E-state index in [2.05, 4.69) is 25.2 Å². The average molecular weight is 1650 g/mol. The maximum atomic E-state index is 15.4. The van der Waals surface area contributed by atoms with Crippen LogP contribution in [0.1, 0.15) is 78.1 Å². The maximum absolute atomic E-state index is 15.4. The predicted octanol–water partition coefficient (Wildman–Crippen LogP) is 12.6. The normalized spacial score (nSPS) is 24.1. The van der Waals surface area contributed by atoms with Crippen molar-refractivity contribution >= 4 is 86.2 Å². The van der Waals surface area contributed by atoms with Gasteiger partial charge in [-0.25, -0.2) is 65.0 Å². The van der Waals surface area contributed by atoms with E-state index < -0.39 is 131 Å². The van der Waals surface area contributed by atoms with Crippen molar-refractivity contribution in [3.05, 3.63) is 217 Å². The van der Waals surface area contributed by atoms with Gasteiger partial charge in [-0.15, -0.1) is 0 Å². The van der Waals surface area contributed by atoms with Crippen LogP contribution in [0.4, 0.5) is 26.3 Å². The number of nitrogens with zero attached hydrogens (tertiary/aromatic N) is 6. The zero-order chi connectivity index (χ0) is 77.3. The Morgan fingerprint density at radius 2 is 0.954 bits per heavy atom. The van der Waals surface area contributed by atoms with Gasteiger partial charge < -0.3 is 32.9 Å². The van der Waals surface area contributed by atoms with E-state index in [1.54, 1.807) is 55.9 Å². The molecule has 7 aliphatic rings. The van der Waals surface area contributed by atoms with E-state index in [0.29, 0.717) is 59.7 Å². The number of hydrogen-bond donors (Lipinski definition) is 0. The van der Waals surface area contributed by atoms with Gasteiger partial charge in [0, 0.05) is 100 Å². The van der Waals surface area contributed by atoms with Crippen LogP contribution in [0.5, 0.6) is 17.2 Å². The fraction of sp³-hybridized carbons (Fsp3) is 0.427. The molecule has 15 rings (SSSR count). The number of sulfone groups is 4. The monoisotopic (exact) mass is 1650 g/mol. The van der Waals surface area contributed by atoms with Gasteiger partial charge in [0.1, 0.15) is 39.5 Å². The molecule has 109 heavy (non-hydrogen) atoms. The van der Waals surface area contributed by atoms with Gasteiger partial charge in [-0.3, -0.25) is 9.67 Å². The molecule has 0 bridgehead atoms. The largest absolute Gasteiger partial charge is 0.490 e. The highest BCUT2D eigenvalue weighted by Crippen LogP contribution is 2.58. The first-order chi connectivity index (χ1) is 52.0. The van der Waals surface area contributed by atoms with Gasteiger partial charge in [0.05, 0.1) is 84.7 Å². The lowest BCUT2D eigenvalue weighted by Crippen LogP contribution is -2.57. The highest BCUT2D eigenvalue weighted by Gasteiger charge is 2.62. The van der Waals surface area contributed by atoms with E-state index in [1.165, 1.54) is 28.9 Å². The molecule has 0 N–H and O–H groups in total. The van der Waals surface area contributed by atoms with Crippen LogP contribution in [0.15, 0.2) is 147 Å². The quantitative estimate of drug-likeness (QED) is 0.0570. The average Bonchev–Trinajstić information content (AvgIpc) is 1.04. The Balaban J connectivity index is 0.000000144. The lowest BCUT2D eigenvalue weighted by Gasteiger charge is -2.51. The van der Waals surface area contributed by atoms with E-state index in [0.717, 1.165) is 47.5 Å². The third kappa shape index (κ3) is 17.0. The van der Waals surface area contributed by atoms with Gasteiger partial charge in [-0.2, -0.15) is 10.1 Å². The van der Waals surface area contributed by atoms with Crippen molar-refractivity contribution < 1.29 is 93.0 Å². The molecule has 3 saturated heterocycles. The molecule has 0 radical (unpaired) electrons. The Bertz CT molecular complexity index is 5200. The number of hydrogen-bond acceptors (Lipinski definition) is 20. The lowest BCUT2D eigenvalue weighted by molar-refractivity contribution is -0.0965. The third-order valence-corrected chi connectivity index (χ3v) is 29.5. The number of rotatable bonds is 22. The first-order valence-corrected chi connectivity index (χ1v) is 43.2. The molecular weight excluding hydrogens is 1570 g/mol. The first kappa shape index (κ1) is 79.6. The van der Waals surface area contributed by atoms with Crippen LogP contribution in [-0.2, 0) is 94.3 Å². The molecule has 0 saturated carbocycles. The van der Waals surface area contributed by atoms with E-state index in [9.17, 15) is 46.8 Å². The SMILES string of the molecule is Cc1nc(CS(=O)(=O)CC[C@@H]2OCC[C@@]3(Cc4ccc(Cl)cc4)c4c(F)ccc(F)c4OC[C@@H]23)no1.O=S(=O)(CC[C@@H]1OCC[C@@]2(Cc3ccc(Cl)cc3)c3c(F)ccc(F)c3OC[C@@H]12)CC1=NCC=N1.O=S(=O)(CC[C@@H]1OCC[C@@]2(S(=O)(=O)c3ccc(Cl)cc3)c3c(F)ccc(F)c3OC[C@@H]12)CCn1cccn1. The van der Waals surface area contributed by atoms with E-state index in [1.807, 2.05) is 24.3 Å². The van der Waals surface area contributed by atoms with Gasteiger partial charge in [-0.1, -0.05) is 64.2 Å². The summed E-state index contributed by atoms with van der Waals surface area (Å²) in [6.07, 6.45) is 4.71. The van der Waals surface area contributed by atoms with Crippen LogP contribution < -0.4 is 14.2 Å². The molecule has 2 aromatic heterocycles. The highest BCUT2D eigenvalue weighted by molar-refractivity contribution is 7.92. The Morgan fingerprint density at radius 3 is 1.42 bits per heavy atom. The van der Waals surface area contributed by atoms with Crippen molar-refractivity contribution in [1.29, 1.82) is 0 Å². The number of aliphatic imine (C=N–C) groups is 2. The molecule has 9 heterocycles. The minimum absolute atomic E-state index is 0.0420. The first-order valence-electron chi connectivity index (χ1n) is 35.1. The van der Waals surface area contributed by atoms with Crippen molar-refractivity contribution in [3.63, 3.8) is 0 Å². The topological polar surface area (TPSA) is 273 Å². The van der Waals surface area contributed by atoms with Crippen molar-refractivity contribution in [3.8, 4) is 17.2 Å². The van der Waals surface area contributed by atoms with Crippen LogP contribution in [0, 0.1) is 59.6 Å². The molecule has 0 amide bonds. The van der Waals surface area contributed by atoms with E-state index in [4.69, 9.17) is 67.7 Å². The Labute approximate surface area is 641 Å². The summed E-state index contributed by atoms with van der Waals surface area (Å²) in [5.41, 5.74) is 0.161. The molecule has 6 aromatic carbocycles. The molecular formula is C75H75Cl3F6N6O15S4. The molecule has 7 aliphatic heterocycles. The number of fused-ring (bicyclic) bond motifs is 9. The molecule has 0 unspecified atom stereocenters. The summed E-state index contributed by atoms with van der Waals surface area (Å²) >= 11 is 18.1. The van der Waals surface area contributed by atoms with Crippen LogP contribution >= 0.6 is 34.8 Å². The molecule has 582 valence electrons. The fourth-order valence-electron chi connectivity index (χ4n) is 16.3. The third-order valence-electron chi connectivity index (χ3n) is 21.4. The Morgan fingerprint density at radius 1 is 0.514 bits per heavy atom. The van der Waals surface area contributed by atoms with Crippen molar-refractivity contribution in [1.82, 2.24) is 19.9 Å². The molecule has 0 spiro atoms. The second kappa shape index (κ2) is 32.7. The van der Waals surface area contributed by atoms with Crippen molar-refractivity contribution in [2.75, 3.05) is 75.0 Å². The maximum Gasteiger partial charge on any atom is 0.223 e. The van der Waals surface area contributed by atoms with Crippen LogP contribution in [0.2, 0.25) is 15.1 Å². The van der Waals surface area contributed by atoms with Gasteiger partial charge in [0.2, 0.25) is 5.89 Å². The molecule has 8 aromatic rings. The number of amidine groups is 1. The Hall–Kier alpha value is -7.46. The predicted molar refractivity (Wildman–Crippen MR) is 394 cm³/mol. The molecule has 21 nitrogen and oxygen atoms in total. The van der Waals surface area contributed by atoms with Gasteiger partial charge in [0.15, 0.2) is 79.9 Å². The van der Waals surface area contributed by atoms with Crippen LogP contribution in [0.25, 0.3) is 0 Å². The van der Waals surface area contributed by atoms with Crippen LogP contribution in [0.3, 0.4) is 0 Å². The van der Waals surface area contributed by atoms with Gasteiger partial charge in [-0.05, 0) is 153 Å². The minimum Gasteiger partial charge on any atom is -0.490 e. The second-order valence-corrected chi connectivity index (χ2v) is 38.2. The summed E-state index contributed by atoms with van der Waals surface area (Å²) in [5.74, 6) is -7.14. The molecule has 9 atom stereocenters. The molecule has 3 fully saturated rings. The number of benzene rings is 6. The smallest absolute Gasteiger partial charge is 0.223 e. The summed E-state index contributed by atoms with van der Waals surface area (Å²) in [4.78, 5) is 11.9. The summed E-state index contributed by atoms with van der Waals surface area (Å²) in [7, 11) is -15.0. The number of ether oxygens (including phenoxy) is 6. The second-order valence-electron chi connectivity index (χ2n) is 28.0. The summed E-state index contributed by atoms with van der Waals surface area (Å²) in [5, 5.41) is 9.13. The van der Waals surface area contributed by atoms with Crippen LogP contribution in [-0.4, -0.2) is 159 Å². The standard InChI is InChI=1S/C25H25ClF2N2O6S2.C25H25ClF2N2O5S.C25H25ClF2N2O4S/c26-17-2-4-18(5-3-17)38(33,34)25-9-13-35-22(8-14-37(31,32)15-12-30-11-1-10-29-30)19(25)16-36-24-21(28)7-6-20(27)23(24)25;1-15-29-22(30-35-15)14-36(31,32)11-8-21-18-13-34-24-20(28)7-6-19(27)23(24)25(18,9-10-33-21)12-16-2-4-17(26)5-3-16;26-17-3-1-16(2-4-17)13-25-8-11-33-21(7-12-35(31,32)15-22-29-9-10-30-22)18(25)14-34-24-20(28)6-5-19(27)23(24)25/h1-7,10-11,19,22H,8-9,12-16H2;2-7,18,21H,8-14H2,1H3;1-6,9,18,21H,7-8,10-15H2/t19-,22-,25-;2*18-,21-,25-/m000/s1. The zero-order valence-corrected chi connectivity index (χ0v) is 64.1. The number of aromatic nitrogens is 4. The number of halogens is 9. The van der Waals surface area contributed by atoms with Gasteiger partial charge in [0.25, 0.3) is 0 Å². The van der Waals surface area contributed by atoms with E-state index >= 15 is 13.2 Å².